The molecule has 4 aromatic rings. The van der Waals surface area contributed by atoms with Gasteiger partial charge in [-0.1, -0.05) is 23.5 Å². The third-order valence-corrected chi connectivity index (χ3v) is 6.24. The molecule has 0 radical (unpaired) electrons. The molecule has 0 spiro atoms. The molecule has 5 rings (SSSR count). The van der Waals surface area contributed by atoms with Gasteiger partial charge in [-0.05, 0) is 50.2 Å². The molecule has 2 aromatic carbocycles. The highest BCUT2D eigenvalue weighted by Crippen LogP contribution is 2.25. The first-order chi connectivity index (χ1) is 15.6. The molecule has 1 aliphatic heterocycles. The normalized spacial score (nSPS) is 15.0. The van der Waals surface area contributed by atoms with E-state index in [9.17, 15) is 4.79 Å². The molecule has 162 valence electrons. The Hall–Kier alpha value is -3.43. The van der Waals surface area contributed by atoms with Crippen molar-refractivity contribution in [3.05, 3.63) is 59.7 Å². The van der Waals surface area contributed by atoms with Crippen LogP contribution in [0.1, 0.15) is 23.2 Å². The van der Waals surface area contributed by atoms with E-state index >= 15 is 0 Å². The molecule has 8 nitrogen and oxygen atoms in total. The number of amides is 1. The number of nitrogens with zero attached hydrogens (tertiary/aromatic N) is 5. The van der Waals surface area contributed by atoms with Crippen LogP contribution >= 0.6 is 11.3 Å². The summed E-state index contributed by atoms with van der Waals surface area (Å²) in [5.74, 6) is 0.765. The molecule has 0 unspecified atom stereocenters. The van der Waals surface area contributed by atoms with Crippen molar-refractivity contribution in [2.24, 2.45) is 0 Å². The number of likely N-dealkylation sites (tertiary alicyclic amines) is 1. The summed E-state index contributed by atoms with van der Waals surface area (Å²) in [4.78, 5) is 23.8. The molecule has 1 aliphatic rings. The van der Waals surface area contributed by atoms with Crippen molar-refractivity contribution in [1.82, 2.24) is 25.1 Å². The highest BCUT2D eigenvalue weighted by Gasteiger charge is 2.18. The molecule has 1 fully saturated rings. The predicted molar refractivity (Wildman–Crippen MR) is 124 cm³/mol. The lowest BCUT2D eigenvalue weighted by atomic mass is 10.1. The molecular weight excluding hydrogens is 424 g/mol. The number of carbonyl (C=O) groups is 1. The predicted octanol–water partition coefficient (Wildman–Crippen LogP) is 3.87. The van der Waals surface area contributed by atoms with Gasteiger partial charge in [-0.15, -0.1) is 10.2 Å². The Morgan fingerprint density at radius 1 is 1.16 bits per heavy atom. The van der Waals surface area contributed by atoms with Crippen LogP contribution in [0.2, 0.25) is 0 Å². The summed E-state index contributed by atoms with van der Waals surface area (Å²) >= 11 is 1.46. The Bertz CT molecular complexity index is 1220. The first-order valence-corrected chi connectivity index (χ1v) is 11.3. The summed E-state index contributed by atoms with van der Waals surface area (Å²) in [6.07, 6.45) is 3.94. The minimum Gasteiger partial charge on any atom is -0.490 e. The summed E-state index contributed by atoms with van der Waals surface area (Å²) in [5.41, 5.74) is 3.86. The fourth-order valence-corrected chi connectivity index (χ4v) is 4.22. The SMILES string of the molecule is CN1CCC(Oc2ccc(C(=O)Nc3ncc4ccc(-c5nncs5)cc4n3)cc2)CC1. The van der Waals surface area contributed by atoms with E-state index in [-0.39, 0.29) is 18.0 Å². The van der Waals surface area contributed by atoms with Crippen LogP contribution in [0.3, 0.4) is 0 Å². The van der Waals surface area contributed by atoms with Crippen LogP contribution in [0.5, 0.6) is 5.75 Å². The van der Waals surface area contributed by atoms with Gasteiger partial charge in [0.15, 0.2) is 0 Å². The lowest BCUT2D eigenvalue weighted by molar-refractivity contribution is 0.102. The second kappa shape index (κ2) is 8.97. The van der Waals surface area contributed by atoms with Crippen LogP contribution in [0.25, 0.3) is 21.5 Å². The van der Waals surface area contributed by atoms with Gasteiger partial charge in [-0.2, -0.15) is 0 Å². The maximum Gasteiger partial charge on any atom is 0.258 e. The van der Waals surface area contributed by atoms with Crippen LogP contribution in [-0.4, -0.2) is 57.2 Å². The first kappa shape index (κ1) is 20.5. The van der Waals surface area contributed by atoms with Gasteiger partial charge in [0.25, 0.3) is 5.91 Å². The van der Waals surface area contributed by atoms with E-state index in [1.807, 2.05) is 30.3 Å². The molecule has 1 saturated heterocycles. The Kier molecular flexibility index (Phi) is 5.74. The molecule has 0 atom stereocenters. The Balaban J connectivity index is 1.26. The topological polar surface area (TPSA) is 93.1 Å². The van der Waals surface area contributed by atoms with E-state index < -0.39 is 0 Å². The lowest BCUT2D eigenvalue weighted by Crippen LogP contribution is -2.35. The molecule has 1 amide bonds. The number of rotatable bonds is 5. The third-order valence-electron chi connectivity index (χ3n) is 5.50. The average molecular weight is 447 g/mol. The molecular formula is C23H22N6O2S. The minimum absolute atomic E-state index is 0.224. The Morgan fingerprint density at radius 2 is 1.97 bits per heavy atom. The fourth-order valence-electron chi connectivity index (χ4n) is 3.67. The summed E-state index contributed by atoms with van der Waals surface area (Å²) < 4.78 is 6.05. The third kappa shape index (κ3) is 4.58. The summed E-state index contributed by atoms with van der Waals surface area (Å²) in [6, 6.07) is 13.0. The zero-order valence-corrected chi connectivity index (χ0v) is 18.4. The number of benzene rings is 2. The van der Waals surface area contributed by atoms with Gasteiger partial charge in [0.05, 0.1) is 5.52 Å². The quantitative estimate of drug-likeness (QED) is 0.497. The molecule has 0 bridgehead atoms. The number of fused-ring (bicyclic) bond motifs is 1. The average Bonchev–Trinajstić information content (AvgIpc) is 3.36. The number of anilines is 1. The van der Waals surface area contributed by atoms with Gasteiger partial charge >= 0.3 is 0 Å². The van der Waals surface area contributed by atoms with Crippen LogP contribution in [-0.2, 0) is 0 Å². The van der Waals surface area contributed by atoms with Gasteiger partial charge < -0.3 is 9.64 Å². The molecule has 0 saturated carbocycles. The number of hydrogen-bond acceptors (Lipinski definition) is 8. The van der Waals surface area contributed by atoms with E-state index in [1.165, 1.54) is 11.3 Å². The van der Waals surface area contributed by atoms with Crippen LogP contribution in [0.15, 0.2) is 54.2 Å². The number of piperidine rings is 1. The number of carbonyl (C=O) groups excluding carboxylic acids is 1. The zero-order chi connectivity index (χ0) is 21.9. The van der Waals surface area contributed by atoms with Crippen molar-refractivity contribution in [3.63, 3.8) is 0 Å². The van der Waals surface area contributed by atoms with E-state index in [1.54, 1.807) is 23.8 Å². The number of ether oxygens (including phenoxy) is 1. The summed E-state index contributed by atoms with van der Waals surface area (Å²) in [5, 5.41) is 12.4. The molecule has 9 heteroatoms. The zero-order valence-electron chi connectivity index (χ0n) is 17.6. The van der Waals surface area contributed by atoms with Crippen molar-refractivity contribution in [3.8, 4) is 16.3 Å². The molecule has 3 heterocycles. The number of hydrogen-bond donors (Lipinski definition) is 1. The van der Waals surface area contributed by atoms with Crippen LogP contribution < -0.4 is 10.1 Å². The van der Waals surface area contributed by atoms with Gasteiger partial charge in [0.1, 0.15) is 22.4 Å². The first-order valence-electron chi connectivity index (χ1n) is 10.4. The van der Waals surface area contributed by atoms with E-state index in [0.29, 0.717) is 5.56 Å². The van der Waals surface area contributed by atoms with E-state index in [0.717, 1.165) is 53.2 Å². The maximum atomic E-state index is 12.7. The number of nitrogens with one attached hydrogen (secondary N) is 1. The summed E-state index contributed by atoms with van der Waals surface area (Å²) in [7, 11) is 2.13. The number of aromatic nitrogens is 4. The van der Waals surface area contributed by atoms with Crippen molar-refractivity contribution in [2.45, 2.75) is 18.9 Å². The van der Waals surface area contributed by atoms with Crippen molar-refractivity contribution in [1.29, 1.82) is 0 Å². The minimum atomic E-state index is -0.268. The lowest BCUT2D eigenvalue weighted by Gasteiger charge is -2.29. The van der Waals surface area contributed by atoms with Crippen molar-refractivity contribution < 1.29 is 9.53 Å². The summed E-state index contributed by atoms with van der Waals surface area (Å²) in [6.45, 7) is 2.08. The molecule has 32 heavy (non-hydrogen) atoms. The Morgan fingerprint density at radius 3 is 2.72 bits per heavy atom. The highest BCUT2D eigenvalue weighted by molar-refractivity contribution is 7.12. The smallest absolute Gasteiger partial charge is 0.258 e. The maximum absolute atomic E-state index is 12.7. The van der Waals surface area contributed by atoms with Crippen LogP contribution in [0.4, 0.5) is 5.95 Å². The van der Waals surface area contributed by atoms with E-state index in [2.05, 4.69) is 37.4 Å². The molecule has 0 aliphatic carbocycles. The second-order valence-electron chi connectivity index (χ2n) is 7.81. The van der Waals surface area contributed by atoms with Gasteiger partial charge in [-0.3, -0.25) is 10.1 Å². The highest BCUT2D eigenvalue weighted by atomic mass is 32.1. The van der Waals surface area contributed by atoms with Gasteiger partial charge in [0, 0.05) is 35.8 Å². The molecule has 2 aromatic heterocycles. The molecule has 1 N–H and O–H groups in total. The van der Waals surface area contributed by atoms with Crippen LogP contribution in [0, 0.1) is 0 Å². The van der Waals surface area contributed by atoms with Crippen molar-refractivity contribution >= 4 is 34.1 Å². The van der Waals surface area contributed by atoms with Gasteiger partial charge in [-0.25, -0.2) is 9.97 Å². The van der Waals surface area contributed by atoms with E-state index in [4.69, 9.17) is 4.74 Å². The standard InChI is InChI=1S/C23H22N6O2S/c1-29-10-8-19(9-11-29)31-18-6-4-15(5-7-18)21(30)27-23-24-13-17-3-2-16(12-20(17)26-23)22-28-25-14-32-22/h2-7,12-14,19H,8-11H2,1H3,(H,24,26,27,30). The van der Waals surface area contributed by atoms with Gasteiger partial charge in [0.2, 0.25) is 5.95 Å². The Labute approximate surface area is 189 Å². The second-order valence-corrected chi connectivity index (χ2v) is 8.64. The monoisotopic (exact) mass is 446 g/mol. The largest absolute Gasteiger partial charge is 0.490 e. The van der Waals surface area contributed by atoms with Crippen molar-refractivity contribution in [2.75, 3.05) is 25.5 Å². The fraction of sp³-hybridized carbons (Fsp3) is 0.261.